The van der Waals surface area contributed by atoms with Gasteiger partial charge in [-0.15, -0.1) is 0 Å². The Balaban J connectivity index is 1.63. The smallest absolute Gasteiger partial charge is 0.242 e. The van der Waals surface area contributed by atoms with Crippen molar-refractivity contribution < 1.29 is 9.53 Å². The van der Waals surface area contributed by atoms with Crippen LogP contribution in [0.2, 0.25) is 5.02 Å². The number of hydrogen-bond acceptors (Lipinski definition) is 3. The molecule has 118 valence electrons. The molecule has 0 atom stereocenters. The Morgan fingerprint density at radius 1 is 1.26 bits per heavy atom. The monoisotopic (exact) mass is 329 g/mol. The first-order chi connectivity index (χ1) is 11.2. The molecule has 0 aliphatic rings. The van der Waals surface area contributed by atoms with E-state index in [0.717, 1.165) is 22.2 Å². The van der Waals surface area contributed by atoms with Crippen LogP contribution in [0.5, 0.6) is 5.75 Å². The van der Waals surface area contributed by atoms with Crippen LogP contribution >= 0.6 is 11.6 Å². The van der Waals surface area contributed by atoms with E-state index in [-0.39, 0.29) is 12.5 Å². The molecular formula is C17H16ClN3O2. The first-order valence-electron chi connectivity index (χ1n) is 7.17. The number of fused-ring (bicyclic) bond motifs is 1. The number of carbonyl (C=O) groups is 1. The molecule has 0 bridgehead atoms. The van der Waals surface area contributed by atoms with Gasteiger partial charge < -0.3 is 10.1 Å². The average molecular weight is 330 g/mol. The quantitative estimate of drug-likeness (QED) is 0.783. The predicted octanol–water partition coefficient (Wildman–Crippen LogP) is 3.01. The van der Waals surface area contributed by atoms with Gasteiger partial charge in [0.1, 0.15) is 12.3 Å². The zero-order valence-corrected chi connectivity index (χ0v) is 13.4. The number of halogens is 1. The van der Waals surface area contributed by atoms with E-state index in [1.807, 2.05) is 36.4 Å². The second kappa shape index (κ2) is 6.71. The van der Waals surface area contributed by atoms with Crippen molar-refractivity contribution in [2.75, 3.05) is 7.11 Å². The standard InChI is InChI=1S/C17H16ClN3O2/c1-23-13-7-5-12(6-8-13)9-19-17(22)11-21-16-4-2-3-15(18)14(16)10-20-21/h2-8,10H,9,11H2,1H3,(H,19,22). The molecule has 0 saturated carbocycles. The Kier molecular flexibility index (Phi) is 4.48. The second-order valence-corrected chi connectivity index (χ2v) is 5.51. The van der Waals surface area contributed by atoms with E-state index in [1.165, 1.54) is 0 Å². The molecule has 0 aliphatic heterocycles. The van der Waals surface area contributed by atoms with Crippen LogP contribution in [0.1, 0.15) is 5.56 Å². The maximum atomic E-state index is 12.1. The van der Waals surface area contributed by atoms with E-state index in [4.69, 9.17) is 16.3 Å². The third-order valence-electron chi connectivity index (χ3n) is 3.58. The van der Waals surface area contributed by atoms with Gasteiger partial charge in [-0.25, -0.2) is 0 Å². The molecule has 1 aromatic heterocycles. The summed E-state index contributed by atoms with van der Waals surface area (Å²) in [4.78, 5) is 12.1. The molecule has 6 heteroatoms. The highest BCUT2D eigenvalue weighted by molar-refractivity contribution is 6.35. The molecule has 0 radical (unpaired) electrons. The molecule has 1 amide bonds. The number of aromatic nitrogens is 2. The van der Waals surface area contributed by atoms with Crippen LogP contribution in [-0.4, -0.2) is 22.8 Å². The maximum Gasteiger partial charge on any atom is 0.242 e. The maximum absolute atomic E-state index is 12.1. The normalized spacial score (nSPS) is 10.7. The Labute approximate surface area is 138 Å². The summed E-state index contributed by atoms with van der Waals surface area (Å²) in [6, 6.07) is 13.1. The van der Waals surface area contributed by atoms with Crippen molar-refractivity contribution in [3.8, 4) is 5.75 Å². The van der Waals surface area contributed by atoms with Gasteiger partial charge in [-0.3, -0.25) is 9.48 Å². The highest BCUT2D eigenvalue weighted by Crippen LogP contribution is 2.22. The summed E-state index contributed by atoms with van der Waals surface area (Å²) in [6.07, 6.45) is 1.68. The summed E-state index contributed by atoms with van der Waals surface area (Å²) in [5, 5.41) is 8.59. The summed E-state index contributed by atoms with van der Waals surface area (Å²) in [6.45, 7) is 0.614. The topological polar surface area (TPSA) is 56.1 Å². The summed E-state index contributed by atoms with van der Waals surface area (Å²) in [5.74, 6) is 0.686. The lowest BCUT2D eigenvalue weighted by Crippen LogP contribution is -2.27. The lowest BCUT2D eigenvalue weighted by molar-refractivity contribution is -0.121. The van der Waals surface area contributed by atoms with Crippen molar-refractivity contribution >= 4 is 28.4 Å². The van der Waals surface area contributed by atoms with E-state index in [0.29, 0.717) is 11.6 Å². The fourth-order valence-electron chi connectivity index (χ4n) is 2.33. The van der Waals surface area contributed by atoms with Gasteiger partial charge in [-0.2, -0.15) is 5.10 Å². The molecule has 2 aromatic carbocycles. The molecule has 5 nitrogen and oxygen atoms in total. The van der Waals surface area contributed by atoms with Crippen LogP contribution in [0.4, 0.5) is 0 Å². The van der Waals surface area contributed by atoms with Gasteiger partial charge in [0.25, 0.3) is 0 Å². The number of hydrogen-bond donors (Lipinski definition) is 1. The molecule has 3 aromatic rings. The van der Waals surface area contributed by atoms with Gasteiger partial charge in [-0.05, 0) is 29.8 Å². The van der Waals surface area contributed by atoms with E-state index in [1.54, 1.807) is 24.1 Å². The minimum atomic E-state index is -0.106. The molecule has 0 saturated heterocycles. The minimum Gasteiger partial charge on any atom is -0.497 e. The van der Waals surface area contributed by atoms with Crippen molar-refractivity contribution in [3.05, 3.63) is 59.2 Å². The lowest BCUT2D eigenvalue weighted by atomic mass is 10.2. The van der Waals surface area contributed by atoms with Gasteiger partial charge in [0.2, 0.25) is 5.91 Å². The summed E-state index contributed by atoms with van der Waals surface area (Å²) in [5.41, 5.74) is 1.85. The van der Waals surface area contributed by atoms with Crippen molar-refractivity contribution in [1.29, 1.82) is 0 Å². The second-order valence-electron chi connectivity index (χ2n) is 5.10. The Bertz CT molecular complexity index is 827. The zero-order valence-electron chi connectivity index (χ0n) is 12.6. The molecule has 1 heterocycles. The highest BCUT2D eigenvalue weighted by Gasteiger charge is 2.09. The van der Waals surface area contributed by atoms with Crippen LogP contribution in [-0.2, 0) is 17.9 Å². The lowest BCUT2D eigenvalue weighted by Gasteiger charge is -2.07. The van der Waals surface area contributed by atoms with Gasteiger partial charge in [0.15, 0.2) is 0 Å². The van der Waals surface area contributed by atoms with Crippen molar-refractivity contribution in [1.82, 2.24) is 15.1 Å². The van der Waals surface area contributed by atoms with Crippen LogP contribution in [0.3, 0.4) is 0 Å². The van der Waals surface area contributed by atoms with Gasteiger partial charge in [-0.1, -0.05) is 29.8 Å². The van der Waals surface area contributed by atoms with E-state index < -0.39 is 0 Å². The van der Waals surface area contributed by atoms with Crippen molar-refractivity contribution in [2.24, 2.45) is 0 Å². The van der Waals surface area contributed by atoms with E-state index in [9.17, 15) is 4.79 Å². The molecule has 23 heavy (non-hydrogen) atoms. The van der Waals surface area contributed by atoms with E-state index >= 15 is 0 Å². The number of methoxy groups -OCH3 is 1. The fourth-order valence-corrected chi connectivity index (χ4v) is 2.55. The zero-order chi connectivity index (χ0) is 16.2. The molecule has 3 rings (SSSR count). The molecule has 0 fully saturated rings. The third-order valence-corrected chi connectivity index (χ3v) is 3.91. The number of benzene rings is 2. The molecule has 1 N–H and O–H groups in total. The Morgan fingerprint density at radius 2 is 2.04 bits per heavy atom. The van der Waals surface area contributed by atoms with Gasteiger partial charge >= 0.3 is 0 Å². The Morgan fingerprint density at radius 3 is 2.78 bits per heavy atom. The van der Waals surface area contributed by atoms with Gasteiger partial charge in [0, 0.05) is 11.9 Å². The average Bonchev–Trinajstić information content (AvgIpc) is 2.98. The highest BCUT2D eigenvalue weighted by atomic mass is 35.5. The van der Waals surface area contributed by atoms with Crippen LogP contribution in [0, 0.1) is 0 Å². The number of ether oxygens (including phenoxy) is 1. The SMILES string of the molecule is COc1ccc(CNC(=O)Cn2ncc3c(Cl)cccc32)cc1. The van der Waals surface area contributed by atoms with E-state index in [2.05, 4.69) is 10.4 Å². The van der Waals surface area contributed by atoms with Crippen molar-refractivity contribution in [2.45, 2.75) is 13.1 Å². The number of nitrogens with zero attached hydrogens (tertiary/aromatic N) is 2. The predicted molar refractivity (Wildman–Crippen MR) is 89.6 cm³/mol. The molecule has 0 spiro atoms. The number of amides is 1. The van der Waals surface area contributed by atoms with Crippen LogP contribution in [0.15, 0.2) is 48.7 Å². The van der Waals surface area contributed by atoms with Crippen LogP contribution < -0.4 is 10.1 Å². The summed E-state index contributed by atoms with van der Waals surface area (Å²) in [7, 11) is 1.62. The third kappa shape index (κ3) is 3.46. The summed E-state index contributed by atoms with van der Waals surface area (Å²) < 4.78 is 6.75. The first-order valence-corrected chi connectivity index (χ1v) is 7.55. The summed E-state index contributed by atoms with van der Waals surface area (Å²) >= 11 is 6.11. The molecule has 0 aliphatic carbocycles. The molecular weight excluding hydrogens is 314 g/mol. The number of rotatable bonds is 5. The number of carbonyl (C=O) groups excluding carboxylic acids is 1. The minimum absolute atomic E-state index is 0.106. The number of nitrogens with one attached hydrogen (secondary N) is 1. The first kappa shape index (κ1) is 15.4. The molecule has 0 unspecified atom stereocenters. The largest absolute Gasteiger partial charge is 0.497 e. The van der Waals surface area contributed by atoms with Crippen molar-refractivity contribution in [3.63, 3.8) is 0 Å². The van der Waals surface area contributed by atoms with Crippen LogP contribution in [0.25, 0.3) is 10.9 Å². The fraction of sp³-hybridized carbons (Fsp3) is 0.176. The Hall–Kier alpha value is -2.53. The van der Waals surface area contributed by atoms with Gasteiger partial charge in [0.05, 0.1) is 23.8 Å².